The molecule has 0 atom stereocenters. The molecule has 0 spiro atoms. The van der Waals surface area contributed by atoms with E-state index in [1.54, 1.807) is 4.90 Å². The second kappa shape index (κ2) is 9.73. The normalized spacial score (nSPS) is 15.1. The highest BCUT2D eigenvalue weighted by Crippen LogP contribution is 2.29. The molecule has 2 amide bonds. The van der Waals surface area contributed by atoms with E-state index in [1.165, 1.54) is 17.0 Å². The first-order valence-corrected chi connectivity index (χ1v) is 9.27. The van der Waals surface area contributed by atoms with Crippen LogP contribution in [0.4, 0.5) is 13.2 Å². The van der Waals surface area contributed by atoms with Crippen LogP contribution in [0.15, 0.2) is 24.3 Å². The SMILES string of the molecule is NCCCCCCC(=O)N1CCN(C(=O)c2cccc(C(F)(F)F)c2)CC1. The molecule has 1 fully saturated rings. The van der Waals surface area contributed by atoms with Crippen molar-refractivity contribution in [2.75, 3.05) is 32.7 Å². The van der Waals surface area contributed by atoms with E-state index in [0.29, 0.717) is 39.1 Å². The maximum Gasteiger partial charge on any atom is 0.416 e. The van der Waals surface area contributed by atoms with Gasteiger partial charge in [-0.1, -0.05) is 18.9 Å². The molecule has 2 rings (SSSR count). The Morgan fingerprint density at radius 3 is 2.22 bits per heavy atom. The Bertz CT molecular complexity index is 641. The molecule has 2 N–H and O–H groups in total. The van der Waals surface area contributed by atoms with Gasteiger partial charge in [0.2, 0.25) is 5.91 Å². The van der Waals surface area contributed by atoms with E-state index in [-0.39, 0.29) is 11.5 Å². The molecular formula is C19H26F3N3O2. The number of carbonyl (C=O) groups excluding carboxylic acids is 2. The summed E-state index contributed by atoms with van der Waals surface area (Å²) in [4.78, 5) is 27.9. The fourth-order valence-corrected chi connectivity index (χ4v) is 3.10. The van der Waals surface area contributed by atoms with Gasteiger partial charge in [-0.15, -0.1) is 0 Å². The lowest BCUT2D eigenvalue weighted by atomic mass is 10.1. The number of hydrogen-bond donors (Lipinski definition) is 1. The summed E-state index contributed by atoms with van der Waals surface area (Å²) in [5.41, 5.74) is 4.62. The maximum absolute atomic E-state index is 12.8. The van der Waals surface area contributed by atoms with Gasteiger partial charge in [-0.05, 0) is 37.6 Å². The molecule has 27 heavy (non-hydrogen) atoms. The molecule has 1 aliphatic rings. The summed E-state index contributed by atoms with van der Waals surface area (Å²) in [6.07, 6.45) is -0.232. The van der Waals surface area contributed by atoms with Crippen LogP contribution < -0.4 is 5.73 Å². The van der Waals surface area contributed by atoms with Crippen LogP contribution in [0.1, 0.15) is 48.0 Å². The van der Waals surface area contributed by atoms with Gasteiger partial charge >= 0.3 is 6.18 Å². The number of piperazine rings is 1. The van der Waals surface area contributed by atoms with E-state index in [0.717, 1.165) is 37.8 Å². The average molecular weight is 385 g/mol. The van der Waals surface area contributed by atoms with Crippen molar-refractivity contribution < 1.29 is 22.8 Å². The molecule has 150 valence electrons. The summed E-state index contributed by atoms with van der Waals surface area (Å²) in [5.74, 6) is -0.371. The van der Waals surface area contributed by atoms with Gasteiger partial charge in [-0.2, -0.15) is 13.2 Å². The van der Waals surface area contributed by atoms with Crippen molar-refractivity contribution in [3.05, 3.63) is 35.4 Å². The van der Waals surface area contributed by atoms with Crippen LogP contribution in [-0.2, 0) is 11.0 Å². The molecule has 0 bridgehead atoms. The number of nitrogens with zero attached hydrogens (tertiary/aromatic N) is 2. The van der Waals surface area contributed by atoms with Crippen molar-refractivity contribution in [3.63, 3.8) is 0 Å². The smallest absolute Gasteiger partial charge is 0.339 e. The molecule has 1 heterocycles. The molecule has 0 aliphatic carbocycles. The highest BCUT2D eigenvalue weighted by Gasteiger charge is 2.32. The third-order valence-corrected chi connectivity index (χ3v) is 4.70. The predicted molar refractivity (Wildman–Crippen MR) is 96.1 cm³/mol. The number of amides is 2. The standard InChI is InChI=1S/C19H26F3N3O2/c20-19(21,22)16-7-5-6-15(14-16)18(27)25-12-10-24(11-13-25)17(26)8-3-1-2-4-9-23/h5-7,14H,1-4,8-13,23H2. The van der Waals surface area contributed by atoms with Gasteiger partial charge in [0.15, 0.2) is 0 Å². The van der Waals surface area contributed by atoms with E-state index >= 15 is 0 Å². The van der Waals surface area contributed by atoms with Crippen molar-refractivity contribution in [1.82, 2.24) is 9.80 Å². The van der Waals surface area contributed by atoms with Crippen molar-refractivity contribution in [1.29, 1.82) is 0 Å². The molecular weight excluding hydrogens is 359 g/mol. The summed E-state index contributed by atoms with van der Waals surface area (Å²) >= 11 is 0. The Balaban J connectivity index is 1.83. The minimum absolute atomic E-state index is 0.0181. The van der Waals surface area contributed by atoms with Gasteiger partial charge in [-0.3, -0.25) is 9.59 Å². The fourth-order valence-electron chi connectivity index (χ4n) is 3.10. The predicted octanol–water partition coefficient (Wildman–Crippen LogP) is 2.90. The van der Waals surface area contributed by atoms with Gasteiger partial charge in [0.25, 0.3) is 5.91 Å². The Kier molecular flexibility index (Phi) is 7.65. The van der Waals surface area contributed by atoms with Crippen molar-refractivity contribution in [2.24, 2.45) is 5.73 Å². The largest absolute Gasteiger partial charge is 0.416 e. The minimum atomic E-state index is -4.48. The first kappa shape index (κ1) is 21.2. The topological polar surface area (TPSA) is 66.6 Å². The van der Waals surface area contributed by atoms with Gasteiger partial charge < -0.3 is 15.5 Å². The van der Waals surface area contributed by atoms with E-state index in [4.69, 9.17) is 5.73 Å². The summed E-state index contributed by atoms with van der Waals surface area (Å²) in [7, 11) is 0. The lowest BCUT2D eigenvalue weighted by Crippen LogP contribution is -2.50. The first-order chi connectivity index (χ1) is 12.8. The van der Waals surface area contributed by atoms with E-state index in [2.05, 4.69) is 0 Å². The van der Waals surface area contributed by atoms with Crippen LogP contribution in [0.2, 0.25) is 0 Å². The van der Waals surface area contributed by atoms with E-state index < -0.39 is 17.6 Å². The Hall–Kier alpha value is -2.09. The summed E-state index contributed by atoms with van der Waals surface area (Å²) in [6.45, 7) is 2.14. The molecule has 1 aromatic carbocycles. The first-order valence-electron chi connectivity index (χ1n) is 9.27. The average Bonchev–Trinajstić information content (AvgIpc) is 2.66. The monoisotopic (exact) mass is 385 g/mol. The molecule has 0 unspecified atom stereocenters. The van der Waals surface area contributed by atoms with Gasteiger partial charge in [0.1, 0.15) is 0 Å². The number of benzene rings is 1. The zero-order valence-electron chi connectivity index (χ0n) is 15.3. The minimum Gasteiger partial charge on any atom is -0.339 e. The molecule has 1 aliphatic heterocycles. The molecule has 1 aromatic rings. The Morgan fingerprint density at radius 2 is 1.59 bits per heavy atom. The van der Waals surface area contributed by atoms with Crippen LogP contribution in [-0.4, -0.2) is 54.3 Å². The van der Waals surface area contributed by atoms with Crippen LogP contribution >= 0.6 is 0 Å². The second-order valence-corrected chi connectivity index (χ2v) is 6.70. The third-order valence-electron chi connectivity index (χ3n) is 4.70. The number of unbranched alkanes of at least 4 members (excludes halogenated alkanes) is 3. The second-order valence-electron chi connectivity index (χ2n) is 6.70. The number of halogens is 3. The molecule has 1 saturated heterocycles. The van der Waals surface area contributed by atoms with E-state index in [1.807, 2.05) is 0 Å². The number of rotatable bonds is 7. The molecule has 0 radical (unpaired) electrons. The quantitative estimate of drug-likeness (QED) is 0.734. The maximum atomic E-state index is 12.8. The van der Waals surface area contributed by atoms with E-state index in [9.17, 15) is 22.8 Å². The van der Waals surface area contributed by atoms with Crippen LogP contribution in [0.25, 0.3) is 0 Å². The van der Waals surface area contributed by atoms with Crippen LogP contribution in [0.5, 0.6) is 0 Å². The highest BCUT2D eigenvalue weighted by atomic mass is 19.4. The molecule has 0 saturated carbocycles. The number of alkyl halides is 3. The summed E-state index contributed by atoms with van der Waals surface area (Å²) < 4.78 is 38.4. The summed E-state index contributed by atoms with van der Waals surface area (Å²) in [5, 5.41) is 0. The number of hydrogen-bond acceptors (Lipinski definition) is 3. The number of nitrogens with two attached hydrogens (primary N) is 1. The summed E-state index contributed by atoms with van der Waals surface area (Å²) in [6, 6.07) is 4.44. The zero-order valence-corrected chi connectivity index (χ0v) is 15.3. The number of carbonyl (C=O) groups is 2. The van der Waals surface area contributed by atoms with Crippen LogP contribution in [0, 0.1) is 0 Å². The van der Waals surface area contributed by atoms with Crippen LogP contribution in [0.3, 0.4) is 0 Å². The lowest BCUT2D eigenvalue weighted by Gasteiger charge is -2.35. The highest BCUT2D eigenvalue weighted by molar-refractivity contribution is 5.94. The van der Waals surface area contributed by atoms with Crippen molar-refractivity contribution >= 4 is 11.8 Å². The van der Waals surface area contributed by atoms with Crippen molar-refractivity contribution in [2.45, 2.75) is 38.3 Å². The Labute approximate surface area is 157 Å². The molecule has 8 heteroatoms. The third kappa shape index (κ3) is 6.23. The molecule has 5 nitrogen and oxygen atoms in total. The molecule has 0 aromatic heterocycles. The van der Waals surface area contributed by atoms with Crippen molar-refractivity contribution in [3.8, 4) is 0 Å². The van der Waals surface area contributed by atoms with Gasteiger partial charge in [0.05, 0.1) is 5.56 Å². The van der Waals surface area contributed by atoms with Gasteiger partial charge in [0, 0.05) is 38.2 Å². The fraction of sp³-hybridized carbons (Fsp3) is 0.579. The lowest BCUT2D eigenvalue weighted by molar-refractivity contribution is -0.137. The zero-order chi connectivity index (χ0) is 19.9. The van der Waals surface area contributed by atoms with Gasteiger partial charge in [-0.25, -0.2) is 0 Å². The Morgan fingerprint density at radius 1 is 0.963 bits per heavy atom.